The van der Waals surface area contributed by atoms with Gasteiger partial charge in [-0.1, -0.05) is 54.6 Å². The summed E-state index contributed by atoms with van der Waals surface area (Å²) in [5.41, 5.74) is 1.42. The minimum Gasteiger partial charge on any atom is -0.480 e. The molecule has 0 spiro atoms. The van der Waals surface area contributed by atoms with Crippen LogP contribution in [0.15, 0.2) is 60.7 Å². The predicted octanol–water partition coefficient (Wildman–Crippen LogP) is 2.55. The number of benzene rings is 2. The van der Waals surface area contributed by atoms with E-state index in [4.69, 9.17) is 0 Å². The van der Waals surface area contributed by atoms with E-state index in [1.807, 2.05) is 30.3 Å². The molecule has 29 heavy (non-hydrogen) atoms. The minimum absolute atomic E-state index is 0.0371. The van der Waals surface area contributed by atoms with Gasteiger partial charge in [0.15, 0.2) is 0 Å². The average Bonchev–Trinajstić information content (AvgIpc) is 2.67. The van der Waals surface area contributed by atoms with Crippen LogP contribution in [-0.2, 0) is 20.8 Å². The molecule has 2 aromatic carbocycles. The molecule has 0 saturated heterocycles. The topological polar surface area (TPSA) is 95.5 Å². The number of rotatable bonds is 9. The van der Waals surface area contributed by atoms with E-state index >= 15 is 0 Å². The summed E-state index contributed by atoms with van der Waals surface area (Å²) in [6, 6.07) is 12.8. The van der Waals surface area contributed by atoms with Gasteiger partial charge in [0.2, 0.25) is 11.8 Å². The van der Waals surface area contributed by atoms with Gasteiger partial charge in [-0.05, 0) is 29.7 Å². The normalized spacial score (nSPS) is 12.9. The second-order valence-corrected chi connectivity index (χ2v) is 6.54. The van der Waals surface area contributed by atoms with Crippen LogP contribution in [0.1, 0.15) is 24.5 Å². The summed E-state index contributed by atoms with van der Waals surface area (Å²) in [6.07, 6.45) is 3.53. The van der Waals surface area contributed by atoms with E-state index in [0.29, 0.717) is 5.56 Å². The van der Waals surface area contributed by atoms with Crippen molar-refractivity contribution in [3.63, 3.8) is 0 Å². The molecule has 152 valence electrons. The zero-order chi connectivity index (χ0) is 21.2. The van der Waals surface area contributed by atoms with Crippen molar-refractivity contribution in [3.05, 3.63) is 77.6 Å². The monoisotopic (exact) mass is 398 g/mol. The molecule has 0 radical (unpaired) electrons. The van der Waals surface area contributed by atoms with Gasteiger partial charge in [-0.25, -0.2) is 9.18 Å². The van der Waals surface area contributed by atoms with Crippen LogP contribution in [-0.4, -0.2) is 35.0 Å². The van der Waals surface area contributed by atoms with Gasteiger partial charge in [0, 0.05) is 13.3 Å². The second-order valence-electron chi connectivity index (χ2n) is 6.54. The molecule has 0 aromatic heterocycles. The van der Waals surface area contributed by atoms with Gasteiger partial charge in [-0.3, -0.25) is 9.59 Å². The number of nitrogens with one attached hydrogen (secondary N) is 2. The Hall–Kier alpha value is -3.48. The van der Waals surface area contributed by atoms with Gasteiger partial charge in [-0.2, -0.15) is 0 Å². The lowest BCUT2D eigenvalue weighted by atomic mass is 10.0. The maximum Gasteiger partial charge on any atom is 0.326 e. The number of amides is 2. The highest BCUT2D eigenvalue weighted by Gasteiger charge is 2.25. The third kappa shape index (κ3) is 7.57. The molecule has 0 unspecified atom stereocenters. The van der Waals surface area contributed by atoms with Gasteiger partial charge < -0.3 is 15.7 Å². The number of carbonyl (C=O) groups is 3. The van der Waals surface area contributed by atoms with E-state index in [2.05, 4.69) is 10.6 Å². The second kappa shape index (κ2) is 10.8. The maximum atomic E-state index is 13.4. The van der Waals surface area contributed by atoms with Crippen molar-refractivity contribution >= 4 is 23.9 Å². The van der Waals surface area contributed by atoms with Gasteiger partial charge in [0.25, 0.3) is 0 Å². The van der Waals surface area contributed by atoms with Crippen molar-refractivity contribution in [1.82, 2.24) is 10.6 Å². The smallest absolute Gasteiger partial charge is 0.326 e. The molecule has 6 nitrogen and oxygen atoms in total. The summed E-state index contributed by atoms with van der Waals surface area (Å²) in [7, 11) is 0. The first-order valence-electron chi connectivity index (χ1n) is 9.11. The van der Waals surface area contributed by atoms with Crippen LogP contribution in [0.5, 0.6) is 0 Å². The fourth-order valence-electron chi connectivity index (χ4n) is 2.75. The molecule has 2 rings (SSSR count). The van der Waals surface area contributed by atoms with E-state index in [-0.39, 0.29) is 12.8 Å². The molecular formula is C22H23FN2O4. The van der Waals surface area contributed by atoms with Gasteiger partial charge in [0.05, 0.1) is 0 Å². The number of aliphatic carboxylic acids is 1. The van der Waals surface area contributed by atoms with Gasteiger partial charge >= 0.3 is 5.97 Å². The summed E-state index contributed by atoms with van der Waals surface area (Å²) >= 11 is 0. The molecule has 3 N–H and O–H groups in total. The van der Waals surface area contributed by atoms with Crippen LogP contribution in [0.3, 0.4) is 0 Å². The highest BCUT2D eigenvalue weighted by Crippen LogP contribution is 2.08. The highest BCUT2D eigenvalue weighted by atomic mass is 19.1. The average molecular weight is 398 g/mol. The molecular weight excluding hydrogens is 375 g/mol. The quantitative estimate of drug-likeness (QED) is 0.605. The molecule has 0 aliphatic heterocycles. The van der Waals surface area contributed by atoms with Crippen LogP contribution in [0, 0.1) is 5.82 Å². The van der Waals surface area contributed by atoms with E-state index in [9.17, 15) is 23.9 Å². The zero-order valence-electron chi connectivity index (χ0n) is 16.0. The van der Waals surface area contributed by atoms with Crippen molar-refractivity contribution in [2.45, 2.75) is 31.8 Å². The highest BCUT2D eigenvalue weighted by molar-refractivity contribution is 5.90. The summed E-state index contributed by atoms with van der Waals surface area (Å²) in [6.45, 7) is 1.25. The Kier molecular flexibility index (Phi) is 8.09. The first kappa shape index (κ1) is 21.8. The zero-order valence-corrected chi connectivity index (χ0v) is 16.0. The van der Waals surface area contributed by atoms with Crippen molar-refractivity contribution in [3.8, 4) is 0 Å². The molecule has 2 aromatic rings. The Balaban J connectivity index is 2.06. The predicted molar refractivity (Wildman–Crippen MR) is 107 cm³/mol. The number of hydrogen-bond donors (Lipinski definition) is 3. The van der Waals surface area contributed by atoms with Crippen LogP contribution in [0.25, 0.3) is 6.08 Å². The van der Waals surface area contributed by atoms with Crippen molar-refractivity contribution in [2.24, 2.45) is 0 Å². The summed E-state index contributed by atoms with van der Waals surface area (Å²) < 4.78 is 13.4. The number of carbonyl (C=O) groups excluding carboxylic acids is 2. The molecule has 0 aliphatic rings. The number of carboxylic acids is 1. The third-order valence-corrected chi connectivity index (χ3v) is 4.12. The Morgan fingerprint density at radius 3 is 2.38 bits per heavy atom. The van der Waals surface area contributed by atoms with E-state index < -0.39 is 35.7 Å². The Bertz CT molecular complexity index is 883. The lowest BCUT2D eigenvalue weighted by Crippen LogP contribution is -2.52. The fourth-order valence-corrected chi connectivity index (χ4v) is 2.75. The van der Waals surface area contributed by atoms with Crippen molar-refractivity contribution in [1.29, 1.82) is 0 Å². The van der Waals surface area contributed by atoms with Gasteiger partial charge in [0.1, 0.15) is 17.9 Å². The molecule has 2 amide bonds. The molecule has 0 aliphatic carbocycles. The molecule has 0 fully saturated rings. The van der Waals surface area contributed by atoms with E-state index in [1.165, 1.54) is 25.1 Å². The molecule has 0 saturated carbocycles. The summed E-state index contributed by atoms with van der Waals surface area (Å²) in [5.74, 6) is -2.75. The number of halogens is 1. The van der Waals surface area contributed by atoms with Crippen LogP contribution < -0.4 is 10.6 Å². The van der Waals surface area contributed by atoms with Crippen molar-refractivity contribution < 1.29 is 23.9 Å². The van der Waals surface area contributed by atoms with Crippen LogP contribution in [0.4, 0.5) is 4.39 Å². The van der Waals surface area contributed by atoms with Crippen LogP contribution in [0.2, 0.25) is 0 Å². The Morgan fingerprint density at radius 2 is 1.76 bits per heavy atom. The lowest BCUT2D eigenvalue weighted by molar-refractivity contribution is -0.142. The standard InChI is InChI=1S/C22H23FN2O4/c1-15(26)24-20(14-17-10-5-11-18(23)13-17)21(27)25-19(22(28)29)12-6-9-16-7-3-2-4-8-16/h2-11,13,19-20H,12,14H2,1H3,(H,24,26)(H,25,27)(H,28,29)/b9-6+/t19-,20+/m1/s1. The van der Waals surface area contributed by atoms with Crippen molar-refractivity contribution in [2.75, 3.05) is 0 Å². The molecule has 0 bridgehead atoms. The Morgan fingerprint density at radius 1 is 1.03 bits per heavy atom. The van der Waals surface area contributed by atoms with E-state index in [1.54, 1.807) is 18.2 Å². The molecule has 2 atom stereocenters. The number of carboxylic acid groups (broad SMARTS) is 1. The third-order valence-electron chi connectivity index (χ3n) is 4.12. The summed E-state index contributed by atoms with van der Waals surface area (Å²) in [5, 5.41) is 14.4. The lowest BCUT2D eigenvalue weighted by Gasteiger charge is -2.20. The molecule has 7 heteroatoms. The maximum absolute atomic E-state index is 13.4. The molecule has 0 heterocycles. The fraction of sp³-hybridized carbons (Fsp3) is 0.227. The van der Waals surface area contributed by atoms with E-state index in [0.717, 1.165) is 5.56 Å². The first-order valence-corrected chi connectivity index (χ1v) is 9.11. The number of hydrogen-bond acceptors (Lipinski definition) is 3. The van der Waals surface area contributed by atoms with Crippen LogP contribution >= 0.6 is 0 Å². The first-order chi connectivity index (χ1) is 13.8. The van der Waals surface area contributed by atoms with Gasteiger partial charge in [-0.15, -0.1) is 0 Å². The SMILES string of the molecule is CC(=O)N[C@@H](Cc1cccc(F)c1)C(=O)N[C@H](C/C=C/c1ccccc1)C(=O)O. The Labute approximate surface area is 168 Å². The largest absolute Gasteiger partial charge is 0.480 e. The minimum atomic E-state index is -1.19. The summed E-state index contributed by atoms with van der Waals surface area (Å²) in [4.78, 5) is 35.6.